The van der Waals surface area contributed by atoms with Gasteiger partial charge in [0.05, 0.1) is 26.4 Å². The number of hydrogen-bond donors (Lipinski definition) is 3. The van der Waals surface area contributed by atoms with E-state index >= 15 is 0 Å². The van der Waals surface area contributed by atoms with Gasteiger partial charge in [-0.15, -0.1) is 0 Å². The summed E-state index contributed by atoms with van der Waals surface area (Å²) in [4.78, 5) is 72.8. The molecule has 7 atom stereocenters. The summed E-state index contributed by atoms with van der Waals surface area (Å²) in [6.45, 7) is 14.2. The molecule has 0 rings (SSSR count). The lowest BCUT2D eigenvalue weighted by molar-refractivity contribution is -0.161. The lowest BCUT2D eigenvalue weighted by Gasteiger charge is -2.21. The second kappa shape index (κ2) is 65.4. The normalized spacial score (nSPS) is 14.7. The van der Waals surface area contributed by atoms with Gasteiger partial charge in [-0.05, 0) is 49.4 Å². The standard InChI is InChI=1S/C76H148O17P2/c1-9-68(7)54-46-38-30-26-27-33-43-51-59-76(81)93-71(62-86-73(78)56-48-40-31-24-20-15-13-11-12-14-18-22-28-36-44-52-66(3)4)64-90-94(82,83)88-60-70(77)61-89-95(84,85)91-65-72(63-87-74(79)57-49-41-35-34-39-47-55-69(8)10-2)92-75(80)58-50-42-32-25-21-17-16-19-23-29-37-45-53-67(5)6/h66-72,77H,9-65H2,1-8H3,(H,82,83)(H,84,85)/t68?,69?,70-,71-,72-/m1/s1. The third-order valence-electron chi connectivity index (χ3n) is 18.3. The molecule has 0 aliphatic carbocycles. The summed E-state index contributed by atoms with van der Waals surface area (Å²) in [6, 6.07) is 0. The van der Waals surface area contributed by atoms with Gasteiger partial charge in [0.15, 0.2) is 12.2 Å². The molecule has 95 heavy (non-hydrogen) atoms. The molecule has 0 bridgehead atoms. The number of carbonyl (C=O) groups is 4. The number of hydrogen-bond acceptors (Lipinski definition) is 15. The number of rotatable bonds is 73. The van der Waals surface area contributed by atoms with Crippen LogP contribution in [0, 0.1) is 23.7 Å². The molecule has 0 aromatic rings. The summed E-state index contributed by atoms with van der Waals surface area (Å²) in [7, 11) is -9.91. The second-order valence-electron chi connectivity index (χ2n) is 28.8. The summed E-state index contributed by atoms with van der Waals surface area (Å²) < 4.78 is 68.5. The minimum atomic E-state index is -4.96. The van der Waals surface area contributed by atoms with Gasteiger partial charge in [-0.2, -0.15) is 0 Å². The van der Waals surface area contributed by atoms with E-state index in [2.05, 4.69) is 55.4 Å². The molecule has 0 radical (unpaired) electrons. The third-order valence-corrected chi connectivity index (χ3v) is 20.2. The number of phosphoric ester groups is 2. The Morgan fingerprint density at radius 1 is 0.295 bits per heavy atom. The highest BCUT2D eigenvalue weighted by atomic mass is 31.2. The van der Waals surface area contributed by atoms with E-state index in [0.717, 1.165) is 120 Å². The Morgan fingerprint density at radius 2 is 0.505 bits per heavy atom. The van der Waals surface area contributed by atoms with E-state index in [0.29, 0.717) is 25.7 Å². The lowest BCUT2D eigenvalue weighted by Crippen LogP contribution is -2.30. The zero-order valence-electron chi connectivity index (χ0n) is 62.3. The van der Waals surface area contributed by atoms with Crippen molar-refractivity contribution in [1.82, 2.24) is 0 Å². The molecule has 0 spiro atoms. The molecule has 0 saturated carbocycles. The Labute approximate surface area is 581 Å². The van der Waals surface area contributed by atoms with Gasteiger partial charge < -0.3 is 33.8 Å². The number of phosphoric acid groups is 2. The summed E-state index contributed by atoms with van der Waals surface area (Å²) in [6.07, 6.45) is 49.9. The molecular formula is C76H148O17P2. The predicted octanol–water partition coefficient (Wildman–Crippen LogP) is 22.0. The SMILES string of the molecule is CCC(C)CCCCCCCCCCC(=O)O[C@H](COC(=O)CCCCCCCCCCCCCCCCCC(C)C)COP(=O)(O)OC[C@@H](O)COP(=O)(O)OC[C@@H](COC(=O)CCCCCCCCC(C)CC)OC(=O)CCCCCCCCCCCCCCC(C)C. The predicted molar refractivity (Wildman–Crippen MR) is 386 cm³/mol. The van der Waals surface area contributed by atoms with E-state index < -0.39 is 97.5 Å². The van der Waals surface area contributed by atoms with Gasteiger partial charge in [-0.1, -0.05) is 331 Å². The molecule has 0 heterocycles. The van der Waals surface area contributed by atoms with E-state index in [1.807, 2.05) is 0 Å². The molecule has 4 unspecified atom stereocenters. The van der Waals surface area contributed by atoms with E-state index in [1.54, 1.807) is 0 Å². The molecule has 0 saturated heterocycles. The van der Waals surface area contributed by atoms with Crippen molar-refractivity contribution in [3.63, 3.8) is 0 Å². The molecule has 0 amide bonds. The quantitative estimate of drug-likeness (QED) is 0.0222. The van der Waals surface area contributed by atoms with E-state index in [4.69, 9.17) is 37.0 Å². The van der Waals surface area contributed by atoms with Crippen LogP contribution < -0.4 is 0 Å². The zero-order valence-corrected chi connectivity index (χ0v) is 64.1. The highest BCUT2D eigenvalue weighted by molar-refractivity contribution is 7.47. The molecule has 3 N–H and O–H groups in total. The maximum Gasteiger partial charge on any atom is 0.472 e. The van der Waals surface area contributed by atoms with Gasteiger partial charge in [0.1, 0.15) is 19.3 Å². The van der Waals surface area contributed by atoms with Crippen LogP contribution in [0.1, 0.15) is 383 Å². The summed E-state index contributed by atoms with van der Waals surface area (Å²) in [5.74, 6) is 0.960. The average molecular weight is 1400 g/mol. The first kappa shape index (κ1) is 93.1. The van der Waals surface area contributed by atoms with Crippen LogP contribution in [0.5, 0.6) is 0 Å². The summed E-state index contributed by atoms with van der Waals surface area (Å²) >= 11 is 0. The van der Waals surface area contributed by atoms with Crippen molar-refractivity contribution in [3.05, 3.63) is 0 Å². The molecule has 0 aliphatic heterocycles. The van der Waals surface area contributed by atoms with Crippen LogP contribution in [-0.4, -0.2) is 96.7 Å². The van der Waals surface area contributed by atoms with Gasteiger partial charge in [0.2, 0.25) is 0 Å². The van der Waals surface area contributed by atoms with Gasteiger partial charge in [-0.25, -0.2) is 9.13 Å². The van der Waals surface area contributed by atoms with Crippen molar-refractivity contribution in [2.75, 3.05) is 39.6 Å². The van der Waals surface area contributed by atoms with Crippen LogP contribution in [0.4, 0.5) is 0 Å². The fraction of sp³-hybridized carbons (Fsp3) is 0.947. The van der Waals surface area contributed by atoms with Crippen LogP contribution in [-0.2, 0) is 65.4 Å². The Balaban J connectivity index is 5.23. The smallest absolute Gasteiger partial charge is 0.462 e. The summed E-state index contributed by atoms with van der Waals surface area (Å²) in [5, 5.41) is 10.6. The molecule has 19 heteroatoms. The fourth-order valence-electron chi connectivity index (χ4n) is 11.5. The summed E-state index contributed by atoms with van der Waals surface area (Å²) in [5.41, 5.74) is 0. The molecule has 0 aliphatic rings. The van der Waals surface area contributed by atoms with Gasteiger partial charge in [-0.3, -0.25) is 37.3 Å². The number of carbonyl (C=O) groups excluding carboxylic acids is 4. The first-order valence-corrected chi connectivity index (χ1v) is 42.3. The van der Waals surface area contributed by atoms with Crippen LogP contribution in [0.15, 0.2) is 0 Å². The number of ether oxygens (including phenoxy) is 4. The Bertz CT molecular complexity index is 1870. The van der Waals surface area contributed by atoms with Crippen LogP contribution >= 0.6 is 15.6 Å². The van der Waals surface area contributed by atoms with Crippen LogP contribution in [0.2, 0.25) is 0 Å². The van der Waals surface area contributed by atoms with Crippen molar-refractivity contribution < 1.29 is 80.2 Å². The fourth-order valence-corrected chi connectivity index (χ4v) is 13.1. The molecular weight excluding hydrogens is 1250 g/mol. The van der Waals surface area contributed by atoms with Crippen LogP contribution in [0.25, 0.3) is 0 Å². The Morgan fingerprint density at radius 3 is 0.747 bits per heavy atom. The highest BCUT2D eigenvalue weighted by Gasteiger charge is 2.30. The second-order valence-corrected chi connectivity index (χ2v) is 31.7. The van der Waals surface area contributed by atoms with Gasteiger partial charge >= 0.3 is 39.5 Å². The van der Waals surface area contributed by atoms with Crippen molar-refractivity contribution >= 4 is 39.5 Å². The van der Waals surface area contributed by atoms with Crippen molar-refractivity contribution in [1.29, 1.82) is 0 Å². The van der Waals surface area contributed by atoms with Gasteiger partial charge in [0, 0.05) is 25.7 Å². The third kappa shape index (κ3) is 67.6. The van der Waals surface area contributed by atoms with Crippen molar-refractivity contribution in [3.8, 4) is 0 Å². The Kier molecular flexibility index (Phi) is 64.0. The van der Waals surface area contributed by atoms with Crippen molar-refractivity contribution in [2.24, 2.45) is 23.7 Å². The minimum absolute atomic E-state index is 0.105. The first-order chi connectivity index (χ1) is 45.7. The lowest BCUT2D eigenvalue weighted by atomic mass is 9.99. The number of aliphatic hydroxyl groups is 1. The molecule has 0 aromatic heterocycles. The largest absolute Gasteiger partial charge is 0.472 e. The topological polar surface area (TPSA) is 237 Å². The Hall–Kier alpha value is -1.94. The van der Waals surface area contributed by atoms with Crippen molar-refractivity contribution in [2.45, 2.75) is 401 Å². The minimum Gasteiger partial charge on any atom is -0.462 e. The number of unbranched alkanes of at least 4 members (excludes halogenated alkanes) is 37. The van der Waals surface area contributed by atoms with Gasteiger partial charge in [0.25, 0.3) is 0 Å². The first-order valence-electron chi connectivity index (χ1n) is 39.3. The highest BCUT2D eigenvalue weighted by Crippen LogP contribution is 2.45. The number of esters is 4. The molecule has 0 aromatic carbocycles. The maximum atomic E-state index is 13.1. The molecule has 564 valence electrons. The maximum absolute atomic E-state index is 13.1. The molecule has 0 fully saturated rings. The van der Waals surface area contributed by atoms with E-state index in [9.17, 15) is 43.2 Å². The van der Waals surface area contributed by atoms with E-state index in [1.165, 1.54) is 180 Å². The molecule has 17 nitrogen and oxygen atoms in total. The number of aliphatic hydroxyl groups excluding tert-OH is 1. The average Bonchev–Trinajstić information content (AvgIpc) is 1.73. The van der Waals surface area contributed by atoms with Crippen LogP contribution in [0.3, 0.4) is 0 Å². The monoisotopic (exact) mass is 1400 g/mol. The zero-order chi connectivity index (χ0) is 70.3. The van der Waals surface area contributed by atoms with E-state index in [-0.39, 0.29) is 25.7 Å².